The Labute approximate surface area is 162 Å². The predicted octanol–water partition coefficient (Wildman–Crippen LogP) is 4.07. The lowest BCUT2D eigenvalue weighted by Gasteiger charge is -2.08. The summed E-state index contributed by atoms with van der Waals surface area (Å²) in [4.78, 5) is 32.0. The third kappa shape index (κ3) is 4.91. The van der Waals surface area contributed by atoms with Gasteiger partial charge >= 0.3 is 0 Å². The second-order valence-corrected chi connectivity index (χ2v) is 5.96. The van der Waals surface area contributed by atoms with Crippen molar-refractivity contribution in [1.29, 1.82) is 0 Å². The van der Waals surface area contributed by atoms with Gasteiger partial charge in [-0.3, -0.25) is 9.59 Å². The van der Waals surface area contributed by atoms with E-state index in [9.17, 15) is 9.59 Å². The highest BCUT2D eigenvalue weighted by molar-refractivity contribution is 6.02. The van der Waals surface area contributed by atoms with Gasteiger partial charge in [0.25, 0.3) is 5.91 Å². The number of carbonyl (C=O) groups excluding carboxylic acids is 2. The molecule has 0 bridgehead atoms. The molecule has 3 aromatic rings. The van der Waals surface area contributed by atoms with Crippen LogP contribution in [0, 0.1) is 0 Å². The van der Waals surface area contributed by atoms with Gasteiger partial charge in [-0.15, -0.1) is 0 Å². The molecule has 2 N–H and O–H groups in total. The summed E-state index contributed by atoms with van der Waals surface area (Å²) in [6.07, 6.45) is 2.88. The van der Waals surface area contributed by atoms with E-state index >= 15 is 0 Å². The molecule has 0 atom stereocenters. The number of ketones is 1. The maximum atomic E-state index is 12.3. The molecule has 2 aromatic carbocycles. The fourth-order valence-electron chi connectivity index (χ4n) is 2.44. The first-order valence-electron chi connectivity index (χ1n) is 8.79. The third-order valence-corrected chi connectivity index (χ3v) is 3.87. The Bertz CT molecular complexity index is 952. The lowest BCUT2D eigenvalue weighted by atomic mass is 10.1. The number of aromatic nitrogens is 2. The maximum Gasteiger partial charge on any atom is 0.275 e. The zero-order chi connectivity index (χ0) is 19.9. The molecule has 1 amide bonds. The van der Waals surface area contributed by atoms with Crippen molar-refractivity contribution in [2.24, 2.45) is 0 Å². The molecule has 0 aliphatic heterocycles. The van der Waals surface area contributed by atoms with Crippen LogP contribution in [0.25, 0.3) is 0 Å². The second-order valence-electron chi connectivity index (χ2n) is 5.96. The average Bonchev–Trinajstić information content (AvgIpc) is 2.70. The molecule has 7 heteroatoms. The Hall–Kier alpha value is -3.74. The van der Waals surface area contributed by atoms with Gasteiger partial charge in [-0.2, -0.15) is 0 Å². The summed E-state index contributed by atoms with van der Waals surface area (Å²) in [6, 6.07) is 14.1. The van der Waals surface area contributed by atoms with E-state index in [0.717, 1.165) is 11.4 Å². The first-order valence-corrected chi connectivity index (χ1v) is 8.79. The summed E-state index contributed by atoms with van der Waals surface area (Å²) in [6.45, 7) is 4.02. The van der Waals surface area contributed by atoms with E-state index in [2.05, 4.69) is 20.6 Å². The Morgan fingerprint density at radius 3 is 2.18 bits per heavy atom. The lowest BCUT2D eigenvalue weighted by molar-refractivity contribution is 0.101. The summed E-state index contributed by atoms with van der Waals surface area (Å²) in [5.74, 6) is 0.892. The smallest absolute Gasteiger partial charge is 0.275 e. The zero-order valence-corrected chi connectivity index (χ0v) is 15.6. The molecule has 0 saturated carbocycles. The Kier molecular flexibility index (Phi) is 5.96. The van der Waals surface area contributed by atoms with Crippen molar-refractivity contribution in [2.75, 3.05) is 17.2 Å². The molecule has 0 aliphatic rings. The van der Waals surface area contributed by atoms with Gasteiger partial charge in [0.15, 0.2) is 5.78 Å². The monoisotopic (exact) mass is 376 g/mol. The molecule has 0 spiro atoms. The van der Waals surface area contributed by atoms with Gasteiger partial charge in [-0.25, -0.2) is 9.97 Å². The molecule has 28 heavy (non-hydrogen) atoms. The van der Waals surface area contributed by atoms with Crippen molar-refractivity contribution in [3.05, 3.63) is 72.2 Å². The fourth-order valence-corrected chi connectivity index (χ4v) is 2.44. The third-order valence-electron chi connectivity index (χ3n) is 3.87. The van der Waals surface area contributed by atoms with Crippen LogP contribution in [-0.4, -0.2) is 28.3 Å². The van der Waals surface area contributed by atoms with Gasteiger partial charge < -0.3 is 15.4 Å². The highest BCUT2D eigenvalue weighted by Gasteiger charge is 2.09. The van der Waals surface area contributed by atoms with Gasteiger partial charge in [0, 0.05) is 16.9 Å². The van der Waals surface area contributed by atoms with Crippen molar-refractivity contribution in [1.82, 2.24) is 9.97 Å². The Morgan fingerprint density at radius 2 is 1.61 bits per heavy atom. The van der Waals surface area contributed by atoms with Crippen LogP contribution in [0.2, 0.25) is 0 Å². The fraction of sp³-hybridized carbons (Fsp3) is 0.143. The number of benzene rings is 2. The van der Waals surface area contributed by atoms with E-state index in [0.29, 0.717) is 23.7 Å². The molecule has 0 aliphatic carbocycles. The number of Topliss-reactive ketones (excluding diaryl/α,β-unsaturated/α-hetero) is 1. The second kappa shape index (κ2) is 8.77. The molecule has 0 saturated heterocycles. The van der Waals surface area contributed by atoms with Crippen LogP contribution >= 0.6 is 0 Å². The topological polar surface area (TPSA) is 93.2 Å². The van der Waals surface area contributed by atoms with E-state index < -0.39 is 0 Å². The quantitative estimate of drug-likeness (QED) is 0.604. The Morgan fingerprint density at radius 1 is 0.929 bits per heavy atom. The van der Waals surface area contributed by atoms with Gasteiger partial charge in [-0.1, -0.05) is 0 Å². The number of carbonyl (C=O) groups is 2. The van der Waals surface area contributed by atoms with E-state index in [-0.39, 0.29) is 17.4 Å². The maximum absolute atomic E-state index is 12.3. The number of hydrogen-bond donors (Lipinski definition) is 2. The van der Waals surface area contributed by atoms with Crippen molar-refractivity contribution in [3.63, 3.8) is 0 Å². The lowest BCUT2D eigenvalue weighted by Crippen LogP contribution is -2.14. The van der Waals surface area contributed by atoms with Crippen molar-refractivity contribution in [3.8, 4) is 5.75 Å². The minimum Gasteiger partial charge on any atom is -0.494 e. The molecular formula is C21H20N4O3. The van der Waals surface area contributed by atoms with Gasteiger partial charge in [0.05, 0.1) is 19.0 Å². The van der Waals surface area contributed by atoms with Crippen LogP contribution in [0.4, 0.5) is 17.2 Å². The summed E-state index contributed by atoms with van der Waals surface area (Å²) in [5.41, 5.74) is 2.25. The summed E-state index contributed by atoms with van der Waals surface area (Å²) >= 11 is 0. The minimum absolute atomic E-state index is 0.00855. The number of nitrogens with zero attached hydrogens (tertiary/aromatic N) is 2. The molecule has 142 valence electrons. The zero-order valence-electron chi connectivity index (χ0n) is 15.6. The first kappa shape index (κ1) is 19.0. The predicted molar refractivity (Wildman–Crippen MR) is 107 cm³/mol. The number of ether oxygens (including phenoxy) is 1. The highest BCUT2D eigenvalue weighted by atomic mass is 16.5. The number of anilines is 3. The molecule has 1 aromatic heterocycles. The molecular weight excluding hydrogens is 356 g/mol. The largest absolute Gasteiger partial charge is 0.494 e. The number of rotatable bonds is 7. The SMILES string of the molecule is CCOc1ccc(NC(=O)c2cnc(Nc3ccc(C(C)=O)cc3)cn2)cc1. The first-order chi connectivity index (χ1) is 13.5. The average molecular weight is 376 g/mol. The molecule has 0 radical (unpaired) electrons. The van der Waals surface area contributed by atoms with Crippen LogP contribution in [0.3, 0.4) is 0 Å². The van der Waals surface area contributed by atoms with Crippen molar-refractivity contribution < 1.29 is 14.3 Å². The summed E-state index contributed by atoms with van der Waals surface area (Å²) < 4.78 is 5.37. The van der Waals surface area contributed by atoms with Gasteiger partial charge in [-0.05, 0) is 62.4 Å². The molecule has 7 nitrogen and oxygen atoms in total. The van der Waals surface area contributed by atoms with E-state index in [1.165, 1.54) is 19.3 Å². The van der Waals surface area contributed by atoms with Gasteiger partial charge in [0.2, 0.25) is 0 Å². The summed E-state index contributed by atoms with van der Waals surface area (Å²) in [5, 5.41) is 5.84. The standard InChI is InChI=1S/C21H20N4O3/c1-3-28-18-10-8-17(9-11-18)25-21(27)19-12-23-20(13-22-19)24-16-6-4-15(5-7-16)14(2)26/h4-13H,3H2,1-2H3,(H,23,24)(H,25,27). The van der Waals surface area contributed by atoms with E-state index in [1.807, 2.05) is 6.92 Å². The molecule has 3 rings (SSSR count). The van der Waals surface area contributed by atoms with Crippen LogP contribution in [0.1, 0.15) is 34.7 Å². The van der Waals surface area contributed by atoms with E-state index in [1.54, 1.807) is 48.5 Å². The normalized spacial score (nSPS) is 10.2. The van der Waals surface area contributed by atoms with E-state index in [4.69, 9.17) is 4.74 Å². The van der Waals surface area contributed by atoms with Crippen LogP contribution in [0.5, 0.6) is 5.75 Å². The molecule has 0 unspecified atom stereocenters. The molecule has 0 fully saturated rings. The number of amides is 1. The highest BCUT2D eigenvalue weighted by Crippen LogP contribution is 2.17. The van der Waals surface area contributed by atoms with Gasteiger partial charge in [0.1, 0.15) is 17.3 Å². The van der Waals surface area contributed by atoms with Crippen LogP contribution in [0.15, 0.2) is 60.9 Å². The van der Waals surface area contributed by atoms with Crippen LogP contribution in [-0.2, 0) is 0 Å². The Balaban J connectivity index is 1.61. The van der Waals surface area contributed by atoms with Crippen molar-refractivity contribution >= 4 is 28.9 Å². The van der Waals surface area contributed by atoms with Crippen molar-refractivity contribution in [2.45, 2.75) is 13.8 Å². The van der Waals surface area contributed by atoms with Crippen LogP contribution < -0.4 is 15.4 Å². The summed E-state index contributed by atoms with van der Waals surface area (Å²) in [7, 11) is 0. The minimum atomic E-state index is -0.353. The number of nitrogens with one attached hydrogen (secondary N) is 2. The molecule has 1 heterocycles. The number of hydrogen-bond acceptors (Lipinski definition) is 6.